The first kappa shape index (κ1) is 29.7. The summed E-state index contributed by atoms with van der Waals surface area (Å²) in [4.78, 5) is 35.1. The van der Waals surface area contributed by atoms with Crippen LogP contribution in [0, 0.1) is 5.41 Å². The first-order chi connectivity index (χ1) is 20.9. The van der Waals surface area contributed by atoms with E-state index in [9.17, 15) is 27.9 Å². The monoisotopic (exact) mass is 610 g/mol. The predicted molar refractivity (Wildman–Crippen MR) is 157 cm³/mol. The fraction of sp³-hybridized carbons (Fsp3) is 0.419. The molecule has 3 aliphatic heterocycles. The van der Waals surface area contributed by atoms with Gasteiger partial charge in [0.2, 0.25) is 23.8 Å². The Balaban J connectivity index is 1.18. The third-order valence-corrected chi connectivity index (χ3v) is 9.02. The maximum Gasteiger partial charge on any atom is 0.429 e. The summed E-state index contributed by atoms with van der Waals surface area (Å²) < 4.78 is 48.3. The average molecular weight is 611 g/mol. The summed E-state index contributed by atoms with van der Waals surface area (Å²) in [6, 6.07) is 12.5. The van der Waals surface area contributed by atoms with Crippen molar-refractivity contribution < 1.29 is 32.6 Å². The normalized spacial score (nSPS) is 20.5. The zero-order valence-electron chi connectivity index (χ0n) is 24.1. The van der Waals surface area contributed by atoms with Gasteiger partial charge in [-0.05, 0) is 59.9 Å². The molecule has 2 unspecified atom stereocenters. The first-order valence-corrected chi connectivity index (χ1v) is 14.5. The van der Waals surface area contributed by atoms with E-state index in [4.69, 9.17) is 10.5 Å². The van der Waals surface area contributed by atoms with Crippen LogP contribution in [0.3, 0.4) is 0 Å². The Labute approximate surface area is 252 Å². The van der Waals surface area contributed by atoms with Gasteiger partial charge in [-0.15, -0.1) is 0 Å². The second-order valence-corrected chi connectivity index (χ2v) is 11.8. The number of halogens is 3. The number of hydrogen-bond donors (Lipinski definition) is 3. The molecule has 2 aromatic carbocycles. The van der Waals surface area contributed by atoms with E-state index in [0.717, 1.165) is 22.4 Å². The highest BCUT2D eigenvalue weighted by Crippen LogP contribution is 2.42. The van der Waals surface area contributed by atoms with Gasteiger partial charge in [-0.2, -0.15) is 23.1 Å². The van der Waals surface area contributed by atoms with Gasteiger partial charge in [-0.25, -0.2) is 0 Å². The molecule has 10 nitrogen and oxygen atoms in total. The summed E-state index contributed by atoms with van der Waals surface area (Å²) in [5, 5.41) is 12.4. The smallest absolute Gasteiger partial charge is 0.429 e. The minimum absolute atomic E-state index is 0.0481. The topological polar surface area (TPSA) is 134 Å². The standard InChI is InChI=1S/C31H33F3N6O4/c1-39-23-8-6-20(14-21(23)7-9-26(39)41)18-2-4-19(5-3-18)27(31(32,33)34)44-25-15-24(37-29(35)38-25)40-12-10-30(11-13-40)16-22(28(42)43)36-17-30/h2-6,8,14-15,22,27,36H,7,9-13,16-17H2,1H3,(H,42,43)(H2,35,37,38). The second kappa shape index (κ2) is 11.3. The van der Waals surface area contributed by atoms with Gasteiger partial charge in [0.25, 0.3) is 0 Å². The van der Waals surface area contributed by atoms with Gasteiger partial charge >= 0.3 is 12.1 Å². The van der Waals surface area contributed by atoms with Gasteiger partial charge in [0.05, 0.1) is 0 Å². The van der Waals surface area contributed by atoms with Crippen molar-refractivity contribution in [2.24, 2.45) is 5.41 Å². The number of carbonyl (C=O) groups excluding carboxylic acids is 1. The highest BCUT2D eigenvalue weighted by Gasteiger charge is 2.45. The number of alkyl halides is 3. The van der Waals surface area contributed by atoms with Crippen molar-refractivity contribution >= 4 is 29.3 Å². The molecular weight excluding hydrogens is 577 g/mol. The zero-order valence-corrected chi connectivity index (χ0v) is 24.1. The lowest BCUT2D eigenvalue weighted by molar-refractivity contribution is -0.198. The molecule has 232 valence electrons. The van der Waals surface area contributed by atoms with E-state index in [2.05, 4.69) is 15.3 Å². The van der Waals surface area contributed by atoms with E-state index in [1.165, 1.54) is 18.2 Å². The summed E-state index contributed by atoms with van der Waals surface area (Å²) in [5.41, 5.74) is 9.09. The SMILES string of the molecule is CN1C(=O)CCc2cc(-c3ccc(C(Oc4cc(N5CCC6(CC5)CNC(C(=O)O)C6)nc(N)n4)C(F)(F)F)cc3)ccc21. The number of nitrogens with two attached hydrogens (primary N) is 1. The number of aromatic nitrogens is 2. The fourth-order valence-electron chi connectivity index (χ4n) is 6.47. The number of fused-ring (bicyclic) bond motifs is 1. The predicted octanol–water partition coefficient (Wildman–Crippen LogP) is 4.35. The molecule has 0 aliphatic carbocycles. The molecule has 2 saturated heterocycles. The number of carboxylic acid groups (broad SMARTS) is 1. The molecule has 2 atom stereocenters. The van der Waals surface area contributed by atoms with Gasteiger partial charge in [-0.3, -0.25) is 9.59 Å². The van der Waals surface area contributed by atoms with Gasteiger partial charge in [-0.1, -0.05) is 30.3 Å². The third-order valence-electron chi connectivity index (χ3n) is 9.02. The van der Waals surface area contributed by atoms with Crippen LogP contribution in [0.1, 0.15) is 42.9 Å². The van der Waals surface area contributed by atoms with Crippen LogP contribution in [-0.2, 0) is 16.0 Å². The molecule has 0 saturated carbocycles. The summed E-state index contributed by atoms with van der Waals surface area (Å²) in [5.74, 6) is -0.955. The lowest BCUT2D eigenvalue weighted by Gasteiger charge is -2.39. The van der Waals surface area contributed by atoms with Crippen molar-refractivity contribution in [1.29, 1.82) is 0 Å². The number of carbonyl (C=O) groups is 2. The third kappa shape index (κ3) is 5.88. The number of amides is 1. The van der Waals surface area contributed by atoms with Crippen LogP contribution in [0.25, 0.3) is 11.1 Å². The van der Waals surface area contributed by atoms with Crippen molar-refractivity contribution in [3.8, 4) is 17.0 Å². The summed E-state index contributed by atoms with van der Waals surface area (Å²) in [7, 11) is 1.73. The molecule has 4 N–H and O–H groups in total. The number of nitrogens with one attached hydrogen (secondary N) is 1. The number of hydrogen-bond acceptors (Lipinski definition) is 8. The van der Waals surface area contributed by atoms with Crippen molar-refractivity contribution in [2.75, 3.05) is 42.2 Å². The second-order valence-electron chi connectivity index (χ2n) is 11.8. The Morgan fingerprint density at radius 1 is 1.09 bits per heavy atom. The number of rotatable bonds is 6. The molecule has 0 radical (unpaired) electrons. The molecule has 3 aromatic rings. The summed E-state index contributed by atoms with van der Waals surface area (Å²) in [6.45, 7) is 1.70. The Morgan fingerprint density at radius 3 is 2.45 bits per heavy atom. The Morgan fingerprint density at radius 2 is 1.80 bits per heavy atom. The van der Waals surface area contributed by atoms with Crippen LogP contribution in [0.2, 0.25) is 0 Å². The van der Waals surface area contributed by atoms with E-state index < -0.39 is 24.3 Å². The lowest BCUT2D eigenvalue weighted by atomic mass is 9.76. The maximum absolute atomic E-state index is 14.3. The van der Waals surface area contributed by atoms with Gasteiger partial charge in [0.1, 0.15) is 11.9 Å². The largest absolute Gasteiger partial charge is 0.480 e. The molecule has 44 heavy (non-hydrogen) atoms. The molecule has 1 spiro atoms. The van der Waals surface area contributed by atoms with E-state index in [1.807, 2.05) is 23.1 Å². The van der Waals surface area contributed by atoms with Crippen molar-refractivity contribution in [3.05, 3.63) is 59.7 Å². The number of carboxylic acids is 1. The lowest BCUT2D eigenvalue weighted by Crippen LogP contribution is -2.41. The van der Waals surface area contributed by atoms with E-state index in [0.29, 0.717) is 57.6 Å². The molecule has 3 aliphatic rings. The molecule has 0 bridgehead atoms. The molecule has 2 fully saturated rings. The number of aryl methyl sites for hydroxylation is 1. The summed E-state index contributed by atoms with van der Waals surface area (Å²) >= 11 is 0. The van der Waals surface area contributed by atoms with Crippen molar-refractivity contribution in [2.45, 2.75) is 50.4 Å². The van der Waals surface area contributed by atoms with Crippen LogP contribution >= 0.6 is 0 Å². The number of piperidine rings is 1. The van der Waals surface area contributed by atoms with E-state index in [1.54, 1.807) is 24.1 Å². The van der Waals surface area contributed by atoms with Crippen molar-refractivity contribution in [1.82, 2.24) is 15.3 Å². The fourth-order valence-corrected chi connectivity index (χ4v) is 6.47. The van der Waals surface area contributed by atoms with E-state index >= 15 is 0 Å². The van der Waals surface area contributed by atoms with Crippen LogP contribution in [0.4, 0.5) is 30.6 Å². The van der Waals surface area contributed by atoms with Gasteiger partial charge < -0.3 is 30.7 Å². The van der Waals surface area contributed by atoms with Crippen LogP contribution < -0.4 is 25.6 Å². The van der Waals surface area contributed by atoms with Gasteiger partial charge in [0.15, 0.2) is 0 Å². The number of nitrogens with zero attached hydrogens (tertiary/aromatic N) is 4. The first-order valence-electron chi connectivity index (χ1n) is 14.5. The number of ether oxygens (including phenoxy) is 1. The molecule has 6 rings (SSSR count). The number of anilines is 3. The van der Waals surface area contributed by atoms with Gasteiger partial charge in [0, 0.05) is 50.4 Å². The van der Waals surface area contributed by atoms with Crippen LogP contribution in [-0.4, -0.2) is 65.9 Å². The van der Waals surface area contributed by atoms with Crippen LogP contribution in [0.15, 0.2) is 48.5 Å². The van der Waals surface area contributed by atoms with Crippen LogP contribution in [0.5, 0.6) is 5.88 Å². The molecule has 13 heteroatoms. The quantitative estimate of drug-likeness (QED) is 0.373. The Bertz CT molecular complexity index is 1570. The number of benzene rings is 2. The molecule has 4 heterocycles. The highest BCUT2D eigenvalue weighted by atomic mass is 19.4. The maximum atomic E-state index is 14.3. The Hall–Kier alpha value is -4.39. The van der Waals surface area contributed by atoms with Crippen molar-refractivity contribution in [3.63, 3.8) is 0 Å². The molecular formula is C31H33F3N6O4. The number of aliphatic carboxylic acids is 1. The highest BCUT2D eigenvalue weighted by molar-refractivity contribution is 5.96. The minimum atomic E-state index is -4.74. The average Bonchev–Trinajstić information content (AvgIpc) is 3.41. The molecule has 1 amide bonds. The zero-order chi connectivity index (χ0) is 31.2. The summed E-state index contributed by atoms with van der Waals surface area (Å²) in [6.07, 6.45) is -4.05. The van der Waals surface area contributed by atoms with E-state index in [-0.39, 0.29) is 28.7 Å². The number of nitrogen functional groups attached to an aromatic ring is 1. The molecule has 1 aromatic heterocycles. The minimum Gasteiger partial charge on any atom is -0.480 e. The Kier molecular flexibility index (Phi) is 7.60.